The Balaban J connectivity index is 1.75. The number of likely N-dealkylation sites (tertiary alicyclic amines) is 1. The van der Waals surface area contributed by atoms with Gasteiger partial charge >= 0.3 is 12.2 Å². The van der Waals surface area contributed by atoms with Gasteiger partial charge in [-0.15, -0.1) is 0 Å². The van der Waals surface area contributed by atoms with Crippen LogP contribution in [-0.4, -0.2) is 70.7 Å². The Labute approximate surface area is 237 Å². The number of aromatic nitrogens is 3. The summed E-state index contributed by atoms with van der Waals surface area (Å²) in [7, 11) is 0. The van der Waals surface area contributed by atoms with E-state index in [1.807, 2.05) is 0 Å². The molecule has 2 aliphatic rings. The van der Waals surface area contributed by atoms with Crippen LogP contribution in [0.25, 0.3) is 22.2 Å². The average Bonchev–Trinajstić information content (AvgIpc) is 3.37. The molecule has 0 radical (unpaired) electrons. The first-order chi connectivity index (χ1) is 19.8. The Bertz CT molecular complexity index is 1530. The zero-order valence-electron chi connectivity index (χ0n) is 23.2. The monoisotopic (exact) mass is 595 g/mol. The standard InChI is InChI=1S/C27H30F5N7O3/c1-12-4-6-34-7-8-35-24-18-23(37-26(38-24)42-15-5-9-39(11-15)14(3)40)21(29)22(36-25(18)41-12)16-10-17(33)20(28)13(2)19(16)27(30,31)32/h10,12,15,34H,4-9,11,33H2,1-3H3,(H,35,37,38). The van der Waals surface area contributed by atoms with Crippen molar-refractivity contribution in [1.82, 2.24) is 25.2 Å². The lowest BCUT2D eigenvalue weighted by atomic mass is 9.96. The van der Waals surface area contributed by atoms with E-state index in [9.17, 15) is 22.4 Å². The number of nitrogens with zero attached hydrogens (tertiary/aromatic N) is 4. The summed E-state index contributed by atoms with van der Waals surface area (Å²) in [5.41, 5.74) is 0.954. The minimum Gasteiger partial charge on any atom is -0.474 e. The molecular formula is C27H30F5N7O3. The molecule has 2 unspecified atom stereocenters. The molecule has 0 saturated carbocycles. The number of rotatable bonds is 3. The van der Waals surface area contributed by atoms with Gasteiger partial charge < -0.3 is 30.7 Å². The van der Waals surface area contributed by atoms with Crippen LogP contribution < -0.4 is 25.8 Å². The fraction of sp³-hybridized carbons (Fsp3) is 0.481. The molecule has 0 aliphatic carbocycles. The van der Waals surface area contributed by atoms with Crippen molar-refractivity contribution in [2.45, 2.75) is 52.0 Å². The molecule has 2 aromatic heterocycles. The second-order valence-corrected chi connectivity index (χ2v) is 10.4. The average molecular weight is 596 g/mol. The highest BCUT2D eigenvalue weighted by atomic mass is 19.4. The first kappa shape index (κ1) is 29.5. The maximum Gasteiger partial charge on any atom is 0.417 e. The topological polar surface area (TPSA) is 128 Å². The Hall–Kier alpha value is -4.01. The summed E-state index contributed by atoms with van der Waals surface area (Å²) in [6, 6.07) is 0.462. The number of benzene rings is 1. The maximum absolute atomic E-state index is 16.4. The summed E-state index contributed by atoms with van der Waals surface area (Å²) in [5.74, 6) is -2.72. The van der Waals surface area contributed by atoms with Crippen LogP contribution in [-0.2, 0) is 11.0 Å². The van der Waals surface area contributed by atoms with Crippen molar-refractivity contribution in [2.24, 2.45) is 0 Å². The molecule has 4 heterocycles. The smallest absolute Gasteiger partial charge is 0.417 e. The Morgan fingerprint density at radius 2 is 1.90 bits per heavy atom. The zero-order valence-corrected chi connectivity index (χ0v) is 23.2. The highest BCUT2D eigenvalue weighted by Gasteiger charge is 2.39. The van der Waals surface area contributed by atoms with Gasteiger partial charge in [0.25, 0.3) is 0 Å². The van der Waals surface area contributed by atoms with Gasteiger partial charge in [0.15, 0.2) is 5.82 Å². The number of nitrogen functional groups attached to an aromatic ring is 1. The van der Waals surface area contributed by atoms with Gasteiger partial charge in [-0.2, -0.15) is 23.1 Å². The molecule has 3 aromatic rings. The number of hydrogen-bond donors (Lipinski definition) is 3. The number of nitrogens with one attached hydrogen (secondary N) is 2. The van der Waals surface area contributed by atoms with Crippen LogP contribution in [0.3, 0.4) is 0 Å². The normalized spacial score (nSPS) is 19.7. The SMILES string of the molecule is CC(=O)N1CCC(Oc2nc3c4c(nc(-c5cc(N)c(F)c(C)c5C(F)(F)F)c(F)c4n2)OC(C)CCNCCN3)C1. The van der Waals surface area contributed by atoms with Gasteiger partial charge in [-0.1, -0.05) is 0 Å². The van der Waals surface area contributed by atoms with Gasteiger partial charge in [0.1, 0.15) is 34.3 Å². The van der Waals surface area contributed by atoms with E-state index in [1.54, 1.807) is 11.8 Å². The molecule has 15 heteroatoms. The van der Waals surface area contributed by atoms with Crippen LogP contribution in [0.4, 0.5) is 33.5 Å². The van der Waals surface area contributed by atoms with Gasteiger partial charge in [0.05, 0.1) is 23.9 Å². The number of carbonyl (C=O) groups excluding carboxylic acids is 1. The molecule has 2 aliphatic heterocycles. The van der Waals surface area contributed by atoms with Gasteiger partial charge in [0.2, 0.25) is 11.8 Å². The number of carbonyl (C=O) groups is 1. The molecule has 5 rings (SSSR count). The van der Waals surface area contributed by atoms with Crippen molar-refractivity contribution in [3.8, 4) is 23.1 Å². The number of nitrogens with two attached hydrogens (primary N) is 1. The summed E-state index contributed by atoms with van der Waals surface area (Å²) >= 11 is 0. The molecular weight excluding hydrogens is 565 g/mol. The van der Waals surface area contributed by atoms with Gasteiger partial charge in [-0.05, 0) is 38.4 Å². The van der Waals surface area contributed by atoms with Crippen molar-refractivity contribution in [1.29, 1.82) is 0 Å². The minimum absolute atomic E-state index is 0.00880. The number of ether oxygens (including phenoxy) is 2. The van der Waals surface area contributed by atoms with Crippen molar-refractivity contribution >= 4 is 28.3 Å². The van der Waals surface area contributed by atoms with Crippen molar-refractivity contribution in [2.75, 3.05) is 43.8 Å². The third-order valence-corrected chi connectivity index (χ3v) is 7.29. The van der Waals surface area contributed by atoms with E-state index in [1.165, 1.54) is 6.92 Å². The van der Waals surface area contributed by atoms with Crippen LogP contribution >= 0.6 is 0 Å². The van der Waals surface area contributed by atoms with Crippen molar-refractivity contribution < 1.29 is 36.2 Å². The zero-order chi connectivity index (χ0) is 30.3. The second-order valence-electron chi connectivity index (χ2n) is 10.4. The van der Waals surface area contributed by atoms with E-state index in [4.69, 9.17) is 15.2 Å². The van der Waals surface area contributed by atoms with Crippen molar-refractivity contribution in [3.63, 3.8) is 0 Å². The van der Waals surface area contributed by atoms with Crippen LogP contribution in [0.1, 0.15) is 37.8 Å². The molecule has 226 valence electrons. The maximum atomic E-state index is 16.4. The van der Waals surface area contributed by atoms with Gasteiger partial charge in [-0.25, -0.2) is 13.8 Å². The summed E-state index contributed by atoms with van der Waals surface area (Å²) in [4.78, 5) is 26.2. The molecule has 1 aromatic carbocycles. The van der Waals surface area contributed by atoms with Crippen LogP contribution in [0.5, 0.6) is 11.9 Å². The summed E-state index contributed by atoms with van der Waals surface area (Å²) in [6.07, 6.45) is -5.04. The first-order valence-corrected chi connectivity index (χ1v) is 13.5. The number of alkyl halides is 3. The van der Waals surface area contributed by atoms with E-state index < -0.39 is 63.6 Å². The molecule has 0 bridgehead atoms. The number of amides is 1. The van der Waals surface area contributed by atoms with Crippen LogP contribution in [0.15, 0.2) is 6.07 Å². The number of pyridine rings is 1. The highest BCUT2D eigenvalue weighted by Crippen LogP contribution is 2.44. The van der Waals surface area contributed by atoms with E-state index in [-0.39, 0.29) is 35.5 Å². The molecule has 0 spiro atoms. The van der Waals surface area contributed by atoms with E-state index in [2.05, 4.69) is 25.6 Å². The molecule has 42 heavy (non-hydrogen) atoms. The molecule has 10 nitrogen and oxygen atoms in total. The van der Waals surface area contributed by atoms with Gasteiger partial charge in [-0.3, -0.25) is 4.79 Å². The highest BCUT2D eigenvalue weighted by molar-refractivity contribution is 5.96. The molecule has 2 atom stereocenters. The lowest BCUT2D eigenvalue weighted by Crippen LogP contribution is -2.29. The lowest BCUT2D eigenvalue weighted by Gasteiger charge is -2.21. The molecule has 1 fully saturated rings. The summed E-state index contributed by atoms with van der Waals surface area (Å²) < 4.78 is 85.6. The van der Waals surface area contributed by atoms with Gasteiger partial charge in [0, 0.05) is 38.5 Å². The third-order valence-electron chi connectivity index (χ3n) is 7.29. The molecule has 1 amide bonds. The van der Waals surface area contributed by atoms with E-state index in [0.29, 0.717) is 45.1 Å². The molecule has 4 N–H and O–H groups in total. The fourth-order valence-corrected chi connectivity index (χ4v) is 5.14. The fourth-order valence-electron chi connectivity index (χ4n) is 5.14. The second kappa shape index (κ2) is 11.3. The minimum atomic E-state index is -5.06. The quantitative estimate of drug-likeness (QED) is 0.304. The molecule has 1 saturated heterocycles. The van der Waals surface area contributed by atoms with Crippen LogP contribution in [0, 0.1) is 18.6 Å². The largest absolute Gasteiger partial charge is 0.474 e. The number of anilines is 2. The van der Waals surface area contributed by atoms with E-state index in [0.717, 1.165) is 6.92 Å². The predicted molar refractivity (Wildman–Crippen MR) is 144 cm³/mol. The lowest BCUT2D eigenvalue weighted by molar-refractivity contribution is -0.137. The third kappa shape index (κ3) is 5.69. The van der Waals surface area contributed by atoms with Crippen LogP contribution in [0.2, 0.25) is 0 Å². The Morgan fingerprint density at radius 1 is 1.14 bits per heavy atom. The number of hydrogen-bond acceptors (Lipinski definition) is 9. The first-order valence-electron chi connectivity index (χ1n) is 13.5. The Morgan fingerprint density at radius 3 is 2.60 bits per heavy atom. The predicted octanol–water partition coefficient (Wildman–Crippen LogP) is 4.05. The Kier molecular flexibility index (Phi) is 7.96. The summed E-state index contributed by atoms with van der Waals surface area (Å²) in [5, 5.41) is 6.32. The van der Waals surface area contributed by atoms with Crippen molar-refractivity contribution in [3.05, 3.63) is 28.8 Å². The summed E-state index contributed by atoms with van der Waals surface area (Å²) in [6.45, 7) is 6.26. The number of halogens is 5. The van der Waals surface area contributed by atoms with E-state index >= 15 is 4.39 Å².